The molecule has 7 nitrogen and oxygen atoms in total. The van der Waals surface area contributed by atoms with E-state index in [1.807, 2.05) is 43.3 Å². The zero-order valence-electron chi connectivity index (χ0n) is 17.5. The van der Waals surface area contributed by atoms with Gasteiger partial charge in [0.05, 0.1) is 0 Å². The molecule has 0 aliphatic rings. The van der Waals surface area contributed by atoms with Gasteiger partial charge in [-0.05, 0) is 36.8 Å². The number of benzene rings is 2. The van der Waals surface area contributed by atoms with Crippen molar-refractivity contribution in [1.29, 1.82) is 0 Å². The van der Waals surface area contributed by atoms with E-state index in [2.05, 4.69) is 10.1 Å². The summed E-state index contributed by atoms with van der Waals surface area (Å²) in [7, 11) is 0. The Labute approximate surface area is 181 Å². The van der Waals surface area contributed by atoms with Gasteiger partial charge in [-0.3, -0.25) is 4.79 Å². The van der Waals surface area contributed by atoms with Gasteiger partial charge in [0.2, 0.25) is 5.88 Å². The molecule has 31 heavy (non-hydrogen) atoms. The van der Waals surface area contributed by atoms with Gasteiger partial charge in [0, 0.05) is 30.8 Å². The zero-order chi connectivity index (χ0) is 21.9. The minimum atomic E-state index is -0.392. The van der Waals surface area contributed by atoms with Crippen molar-refractivity contribution in [3.63, 3.8) is 0 Å². The third kappa shape index (κ3) is 7.15. The Balaban J connectivity index is 1.76. The highest BCUT2D eigenvalue weighted by molar-refractivity contribution is 6.01. The lowest BCUT2D eigenvalue weighted by atomic mass is 10.1. The molecule has 0 unspecified atom stereocenters. The maximum Gasteiger partial charge on any atom is 0.308 e. The molecule has 1 aromatic heterocycles. The Hall–Kier alpha value is -3.87. The lowest BCUT2D eigenvalue weighted by molar-refractivity contribution is -0.131. The van der Waals surface area contributed by atoms with Gasteiger partial charge in [0.15, 0.2) is 0 Å². The van der Waals surface area contributed by atoms with Crippen molar-refractivity contribution in [3.05, 3.63) is 78.5 Å². The van der Waals surface area contributed by atoms with Gasteiger partial charge < -0.3 is 19.0 Å². The summed E-state index contributed by atoms with van der Waals surface area (Å²) in [5.74, 6) is 1.69. The molecule has 160 valence electrons. The second-order valence-electron chi connectivity index (χ2n) is 6.53. The summed E-state index contributed by atoms with van der Waals surface area (Å²) < 4.78 is 16.8. The summed E-state index contributed by atoms with van der Waals surface area (Å²) in [5, 5.41) is 4.25. The average Bonchev–Trinajstić information content (AvgIpc) is 2.77. The third-order valence-corrected chi connectivity index (χ3v) is 3.94. The van der Waals surface area contributed by atoms with Gasteiger partial charge in [0.1, 0.15) is 36.2 Å². The van der Waals surface area contributed by atoms with Crippen LogP contribution in [0.5, 0.6) is 23.1 Å². The molecule has 3 aromatic rings. The standard InChI is InChI=1S/C24H24N2O5/c1-3-14-29-26-23(17-28-20-9-7-11-22(16-20)30-18(2)27)19-8-6-10-21(15-19)31-24-12-4-5-13-25-24/h4-13,15-16H,3,14,17H2,1-2H3/b26-23+. The number of carbonyl (C=O) groups is 1. The second-order valence-corrected chi connectivity index (χ2v) is 6.53. The van der Waals surface area contributed by atoms with E-state index in [1.165, 1.54) is 6.92 Å². The second kappa shape index (κ2) is 11.3. The summed E-state index contributed by atoms with van der Waals surface area (Å²) in [4.78, 5) is 20.8. The van der Waals surface area contributed by atoms with Crippen LogP contribution in [0.15, 0.2) is 78.1 Å². The highest BCUT2D eigenvalue weighted by Gasteiger charge is 2.10. The van der Waals surface area contributed by atoms with Crippen LogP contribution < -0.4 is 14.2 Å². The lowest BCUT2D eigenvalue weighted by Crippen LogP contribution is -2.14. The molecule has 0 saturated heterocycles. The van der Waals surface area contributed by atoms with Gasteiger partial charge >= 0.3 is 5.97 Å². The van der Waals surface area contributed by atoms with E-state index in [1.54, 1.807) is 36.5 Å². The molecule has 7 heteroatoms. The quantitative estimate of drug-likeness (QED) is 0.151. The zero-order valence-corrected chi connectivity index (χ0v) is 17.5. The van der Waals surface area contributed by atoms with Gasteiger partial charge in [0.25, 0.3) is 0 Å². The maximum atomic E-state index is 11.2. The molecule has 0 atom stereocenters. The van der Waals surface area contributed by atoms with Crippen LogP contribution in [0.3, 0.4) is 0 Å². The van der Waals surface area contributed by atoms with Crippen LogP contribution in [-0.4, -0.2) is 29.9 Å². The predicted octanol–water partition coefficient (Wildman–Crippen LogP) is 5.01. The lowest BCUT2D eigenvalue weighted by Gasteiger charge is -2.12. The molecule has 0 amide bonds. The SMILES string of the molecule is CCCO/N=C(\COc1cccc(OC(C)=O)c1)c1cccc(Oc2ccccn2)c1. The van der Waals surface area contributed by atoms with E-state index in [0.29, 0.717) is 35.4 Å². The van der Waals surface area contributed by atoms with Gasteiger partial charge in [-0.2, -0.15) is 0 Å². The van der Waals surface area contributed by atoms with Crippen molar-refractivity contribution >= 4 is 11.7 Å². The Kier molecular flexibility index (Phi) is 7.99. The van der Waals surface area contributed by atoms with E-state index in [0.717, 1.165) is 12.0 Å². The molecular formula is C24H24N2O5. The van der Waals surface area contributed by atoms with E-state index in [-0.39, 0.29) is 6.61 Å². The molecule has 0 aliphatic carbocycles. The average molecular weight is 420 g/mol. The van der Waals surface area contributed by atoms with Gasteiger partial charge in [-0.25, -0.2) is 4.98 Å². The number of nitrogens with zero attached hydrogens (tertiary/aromatic N) is 2. The van der Waals surface area contributed by atoms with Gasteiger partial charge in [-0.1, -0.05) is 36.3 Å². The topological polar surface area (TPSA) is 79.2 Å². The van der Waals surface area contributed by atoms with E-state index >= 15 is 0 Å². The summed E-state index contributed by atoms with van der Waals surface area (Å²) in [6, 6.07) is 19.8. The van der Waals surface area contributed by atoms with Crippen molar-refractivity contribution in [1.82, 2.24) is 4.98 Å². The molecule has 0 fully saturated rings. The Morgan fingerprint density at radius 1 is 0.968 bits per heavy atom. The monoisotopic (exact) mass is 420 g/mol. The molecule has 0 N–H and O–H groups in total. The number of hydrogen-bond donors (Lipinski definition) is 0. The molecule has 1 heterocycles. The third-order valence-electron chi connectivity index (χ3n) is 3.94. The first-order valence-corrected chi connectivity index (χ1v) is 9.93. The summed E-state index contributed by atoms with van der Waals surface area (Å²) >= 11 is 0. The molecule has 0 saturated carbocycles. The van der Waals surface area contributed by atoms with Crippen molar-refractivity contribution < 1.29 is 23.8 Å². The van der Waals surface area contributed by atoms with Crippen LogP contribution in [0.2, 0.25) is 0 Å². The first-order chi connectivity index (χ1) is 15.1. The van der Waals surface area contributed by atoms with E-state index < -0.39 is 5.97 Å². The minimum Gasteiger partial charge on any atom is -0.487 e. The van der Waals surface area contributed by atoms with Crippen LogP contribution in [-0.2, 0) is 9.63 Å². The molecular weight excluding hydrogens is 396 g/mol. The first-order valence-electron chi connectivity index (χ1n) is 9.93. The van der Waals surface area contributed by atoms with Crippen molar-refractivity contribution in [2.75, 3.05) is 13.2 Å². The number of esters is 1. The van der Waals surface area contributed by atoms with E-state index in [4.69, 9.17) is 19.0 Å². The fourth-order valence-electron chi connectivity index (χ4n) is 2.59. The van der Waals surface area contributed by atoms with Crippen molar-refractivity contribution in [2.24, 2.45) is 5.16 Å². The first kappa shape index (κ1) is 21.8. The Morgan fingerprint density at radius 2 is 1.77 bits per heavy atom. The van der Waals surface area contributed by atoms with E-state index in [9.17, 15) is 4.79 Å². The fraction of sp³-hybridized carbons (Fsp3) is 0.208. The van der Waals surface area contributed by atoms with Crippen LogP contribution >= 0.6 is 0 Å². The largest absolute Gasteiger partial charge is 0.487 e. The van der Waals surface area contributed by atoms with Gasteiger partial charge in [-0.15, -0.1) is 0 Å². The summed E-state index contributed by atoms with van der Waals surface area (Å²) in [6.45, 7) is 4.01. The fourth-order valence-corrected chi connectivity index (χ4v) is 2.59. The minimum absolute atomic E-state index is 0.153. The molecule has 0 bridgehead atoms. The molecule has 0 radical (unpaired) electrons. The maximum absolute atomic E-state index is 11.2. The normalized spacial score (nSPS) is 11.0. The Morgan fingerprint density at radius 3 is 2.55 bits per heavy atom. The number of ether oxygens (including phenoxy) is 3. The number of aromatic nitrogens is 1. The van der Waals surface area contributed by atoms with Crippen LogP contribution in [0.4, 0.5) is 0 Å². The van der Waals surface area contributed by atoms with Crippen molar-refractivity contribution in [3.8, 4) is 23.1 Å². The molecule has 0 spiro atoms. The highest BCUT2D eigenvalue weighted by Crippen LogP contribution is 2.22. The van der Waals surface area contributed by atoms with Crippen LogP contribution in [0.1, 0.15) is 25.8 Å². The summed E-state index contributed by atoms with van der Waals surface area (Å²) in [5.41, 5.74) is 1.39. The smallest absolute Gasteiger partial charge is 0.308 e. The molecule has 3 rings (SSSR count). The molecule has 2 aromatic carbocycles. The summed E-state index contributed by atoms with van der Waals surface area (Å²) in [6.07, 6.45) is 2.51. The predicted molar refractivity (Wildman–Crippen MR) is 117 cm³/mol. The van der Waals surface area contributed by atoms with Crippen LogP contribution in [0.25, 0.3) is 0 Å². The molecule has 0 aliphatic heterocycles. The number of pyridine rings is 1. The number of rotatable bonds is 10. The van der Waals surface area contributed by atoms with Crippen molar-refractivity contribution in [2.45, 2.75) is 20.3 Å². The number of carbonyl (C=O) groups excluding carboxylic acids is 1. The van der Waals surface area contributed by atoms with Crippen LogP contribution in [0, 0.1) is 0 Å². The Bertz CT molecular complexity index is 1020. The number of oxime groups is 1. The highest BCUT2D eigenvalue weighted by atomic mass is 16.6. The number of hydrogen-bond acceptors (Lipinski definition) is 7.